The lowest BCUT2D eigenvalue weighted by Crippen LogP contribution is -2.09. The van der Waals surface area contributed by atoms with E-state index < -0.39 is 5.97 Å². The summed E-state index contributed by atoms with van der Waals surface area (Å²) >= 11 is 0. The number of ether oxygens (including phenoxy) is 1. The smallest absolute Gasteiger partial charge is 0.303 e. The minimum absolute atomic E-state index is 0.147. The van der Waals surface area contributed by atoms with Crippen molar-refractivity contribution in [3.05, 3.63) is 28.3 Å². The minimum Gasteiger partial charge on any atom is -0.496 e. The number of carboxylic acids is 1. The molecule has 3 nitrogen and oxygen atoms in total. The maximum absolute atomic E-state index is 10.7. The average molecular weight is 250 g/mol. The highest BCUT2D eigenvalue weighted by Gasteiger charge is 2.14. The number of benzene rings is 1. The molecule has 1 N–H and O–H groups in total. The molecule has 1 aromatic rings. The van der Waals surface area contributed by atoms with Crippen molar-refractivity contribution >= 4 is 5.97 Å². The summed E-state index contributed by atoms with van der Waals surface area (Å²) < 4.78 is 5.39. The Morgan fingerprint density at radius 2 is 1.94 bits per heavy atom. The molecule has 0 spiro atoms. The Bertz CT molecular complexity index is 450. The van der Waals surface area contributed by atoms with E-state index in [4.69, 9.17) is 9.84 Å². The van der Waals surface area contributed by atoms with Crippen LogP contribution in [0.15, 0.2) is 6.07 Å². The first-order valence-corrected chi connectivity index (χ1v) is 6.22. The summed E-state index contributed by atoms with van der Waals surface area (Å²) in [4.78, 5) is 10.7. The second kappa shape index (κ2) is 5.89. The lowest BCUT2D eigenvalue weighted by Gasteiger charge is -2.17. The molecule has 1 atom stereocenters. The van der Waals surface area contributed by atoms with Crippen molar-refractivity contribution in [3.8, 4) is 5.75 Å². The molecule has 0 aromatic heterocycles. The highest BCUT2D eigenvalue weighted by molar-refractivity contribution is 5.67. The van der Waals surface area contributed by atoms with E-state index in [1.807, 2.05) is 20.8 Å². The first-order chi connectivity index (χ1) is 8.36. The number of aryl methyl sites for hydroxylation is 1. The molecule has 0 bridgehead atoms. The molecule has 0 radical (unpaired) electrons. The number of aliphatic carboxylic acids is 1. The number of rotatable bonds is 5. The van der Waals surface area contributed by atoms with Crippen molar-refractivity contribution in [1.29, 1.82) is 0 Å². The molecule has 0 aliphatic rings. The van der Waals surface area contributed by atoms with Crippen LogP contribution in [0.25, 0.3) is 0 Å². The molecule has 1 rings (SSSR count). The molecule has 100 valence electrons. The van der Waals surface area contributed by atoms with Crippen molar-refractivity contribution in [3.63, 3.8) is 0 Å². The summed E-state index contributed by atoms with van der Waals surface area (Å²) in [6.07, 6.45) is 1.01. The van der Waals surface area contributed by atoms with Crippen LogP contribution in [0.3, 0.4) is 0 Å². The topological polar surface area (TPSA) is 46.5 Å². The SMILES string of the molecule is COc1c(C)cc(CC(C)CC(=O)O)c(C)c1C. The van der Waals surface area contributed by atoms with Crippen molar-refractivity contribution in [2.24, 2.45) is 5.92 Å². The molecule has 0 heterocycles. The Balaban J connectivity index is 3.00. The van der Waals surface area contributed by atoms with Gasteiger partial charge in [-0.05, 0) is 55.4 Å². The molecule has 0 saturated carbocycles. The number of methoxy groups -OCH3 is 1. The first kappa shape index (κ1) is 14.6. The van der Waals surface area contributed by atoms with Gasteiger partial charge in [-0.1, -0.05) is 13.0 Å². The third-order valence-corrected chi connectivity index (χ3v) is 3.43. The van der Waals surface area contributed by atoms with Gasteiger partial charge in [-0.2, -0.15) is 0 Å². The molecular formula is C15H22O3. The quantitative estimate of drug-likeness (QED) is 0.872. The monoisotopic (exact) mass is 250 g/mol. The van der Waals surface area contributed by atoms with Crippen molar-refractivity contribution in [1.82, 2.24) is 0 Å². The van der Waals surface area contributed by atoms with Gasteiger partial charge >= 0.3 is 5.97 Å². The second-order valence-electron chi connectivity index (χ2n) is 5.04. The van der Waals surface area contributed by atoms with E-state index in [9.17, 15) is 4.79 Å². The lowest BCUT2D eigenvalue weighted by atomic mass is 9.91. The van der Waals surface area contributed by atoms with Gasteiger partial charge < -0.3 is 9.84 Å². The van der Waals surface area contributed by atoms with Gasteiger partial charge in [0.05, 0.1) is 7.11 Å². The molecule has 3 heteroatoms. The normalized spacial score (nSPS) is 12.3. The van der Waals surface area contributed by atoms with E-state index >= 15 is 0 Å². The summed E-state index contributed by atoms with van der Waals surface area (Å²) in [6.45, 7) is 8.12. The van der Waals surface area contributed by atoms with Crippen LogP contribution >= 0.6 is 0 Å². The third kappa shape index (κ3) is 3.25. The Labute approximate surface area is 109 Å². The zero-order valence-electron chi connectivity index (χ0n) is 11.8. The maximum atomic E-state index is 10.7. The predicted octanol–water partition coefficient (Wildman–Crippen LogP) is 3.27. The average Bonchev–Trinajstić information content (AvgIpc) is 2.25. The van der Waals surface area contributed by atoms with E-state index in [0.717, 1.165) is 23.3 Å². The zero-order valence-corrected chi connectivity index (χ0v) is 11.8. The molecule has 18 heavy (non-hydrogen) atoms. The Morgan fingerprint density at radius 3 is 2.44 bits per heavy atom. The molecule has 0 aliphatic carbocycles. The van der Waals surface area contributed by atoms with Crippen molar-refractivity contribution in [2.75, 3.05) is 7.11 Å². The standard InChI is InChI=1S/C15H22O3/c1-9(7-14(16)17)6-13-8-10(2)15(18-5)12(4)11(13)3/h8-9H,6-7H2,1-5H3,(H,16,17). The van der Waals surface area contributed by atoms with E-state index in [0.29, 0.717) is 0 Å². The van der Waals surface area contributed by atoms with Crippen LogP contribution in [0.2, 0.25) is 0 Å². The highest BCUT2D eigenvalue weighted by atomic mass is 16.5. The molecule has 0 saturated heterocycles. The van der Waals surface area contributed by atoms with E-state index in [1.165, 1.54) is 11.1 Å². The summed E-state index contributed by atoms with van der Waals surface area (Å²) in [5.41, 5.74) is 4.68. The number of carbonyl (C=O) groups is 1. The Kier molecular flexibility index (Phi) is 4.76. The van der Waals surface area contributed by atoms with E-state index in [-0.39, 0.29) is 12.3 Å². The van der Waals surface area contributed by atoms with Gasteiger partial charge in [-0.3, -0.25) is 4.79 Å². The van der Waals surface area contributed by atoms with Gasteiger partial charge in [0.2, 0.25) is 0 Å². The molecule has 1 unspecified atom stereocenters. The van der Waals surface area contributed by atoms with Crippen LogP contribution in [0.4, 0.5) is 0 Å². The van der Waals surface area contributed by atoms with Crippen LogP contribution in [0.1, 0.15) is 35.6 Å². The third-order valence-electron chi connectivity index (χ3n) is 3.43. The number of carboxylic acid groups (broad SMARTS) is 1. The van der Waals surface area contributed by atoms with E-state index in [2.05, 4.69) is 13.0 Å². The van der Waals surface area contributed by atoms with Gasteiger partial charge in [-0.25, -0.2) is 0 Å². The summed E-state index contributed by atoms with van der Waals surface area (Å²) in [5, 5.41) is 8.80. The number of hydrogen-bond donors (Lipinski definition) is 1. The molecular weight excluding hydrogens is 228 g/mol. The molecule has 0 amide bonds. The predicted molar refractivity (Wildman–Crippen MR) is 72.3 cm³/mol. The fourth-order valence-electron chi connectivity index (χ4n) is 2.41. The lowest BCUT2D eigenvalue weighted by molar-refractivity contribution is -0.137. The van der Waals surface area contributed by atoms with Crippen LogP contribution < -0.4 is 4.74 Å². The Hall–Kier alpha value is -1.51. The van der Waals surface area contributed by atoms with Crippen LogP contribution in [0, 0.1) is 26.7 Å². The van der Waals surface area contributed by atoms with Gasteiger partial charge in [0.15, 0.2) is 0 Å². The van der Waals surface area contributed by atoms with Gasteiger partial charge in [0, 0.05) is 6.42 Å². The van der Waals surface area contributed by atoms with Crippen LogP contribution in [-0.4, -0.2) is 18.2 Å². The minimum atomic E-state index is -0.734. The second-order valence-corrected chi connectivity index (χ2v) is 5.04. The Morgan fingerprint density at radius 1 is 1.33 bits per heavy atom. The summed E-state index contributed by atoms with van der Waals surface area (Å²) in [7, 11) is 1.68. The highest BCUT2D eigenvalue weighted by Crippen LogP contribution is 2.30. The molecule has 1 aromatic carbocycles. The molecule has 0 aliphatic heterocycles. The summed E-state index contributed by atoms with van der Waals surface area (Å²) in [6, 6.07) is 2.11. The largest absolute Gasteiger partial charge is 0.496 e. The van der Waals surface area contributed by atoms with Crippen molar-refractivity contribution in [2.45, 2.75) is 40.5 Å². The first-order valence-electron chi connectivity index (χ1n) is 6.22. The van der Waals surface area contributed by atoms with E-state index in [1.54, 1.807) is 7.11 Å². The van der Waals surface area contributed by atoms with Crippen LogP contribution in [0.5, 0.6) is 5.75 Å². The fourth-order valence-corrected chi connectivity index (χ4v) is 2.41. The molecule has 0 fully saturated rings. The fraction of sp³-hybridized carbons (Fsp3) is 0.533. The van der Waals surface area contributed by atoms with Gasteiger partial charge in [0.25, 0.3) is 0 Å². The maximum Gasteiger partial charge on any atom is 0.303 e. The van der Waals surface area contributed by atoms with Gasteiger partial charge in [-0.15, -0.1) is 0 Å². The van der Waals surface area contributed by atoms with Crippen LogP contribution in [-0.2, 0) is 11.2 Å². The van der Waals surface area contributed by atoms with Gasteiger partial charge in [0.1, 0.15) is 5.75 Å². The summed E-state index contributed by atoms with van der Waals surface area (Å²) in [5.74, 6) is 0.345. The zero-order chi connectivity index (χ0) is 13.9. The van der Waals surface area contributed by atoms with Crippen molar-refractivity contribution < 1.29 is 14.6 Å². The number of hydrogen-bond acceptors (Lipinski definition) is 2.